The molecule has 1 atom stereocenters. The van der Waals surface area contributed by atoms with Crippen LogP contribution in [0.15, 0.2) is 79.0 Å². The molecule has 7 nitrogen and oxygen atoms in total. The van der Waals surface area contributed by atoms with Crippen molar-refractivity contribution in [1.82, 2.24) is 14.5 Å². The minimum Gasteiger partial charge on any atom is -0.376 e. The largest absolute Gasteiger partial charge is 0.376 e. The van der Waals surface area contributed by atoms with E-state index in [4.69, 9.17) is 39.5 Å². The van der Waals surface area contributed by atoms with Crippen LogP contribution in [0.5, 0.6) is 0 Å². The summed E-state index contributed by atoms with van der Waals surface area (Å²) in [5.41, 5.74) is 2.50. The number of anilines is 1. The molecule has 10 heteroatoms. The van der Waals surface area contributed by atoms with Gasteiger partial charge in [-0.15, -0.1) is 0 Å². The van der Waals surface area contributed by atoms with Gasteiger partial charge in [-0.25, -0.2) is 4.98 Å². The first-order valence-electron chi connectivity index (χ1n) is 12.4. The number of rotatable bonds is 8. The Morgan fingerprint density at radius 1 is 1.00 bits per heavy atom. The number of nitrogens with zero attached hydrogens (tertiary/aromatic N) is 3. The molecule has 1 aliphatic rings. The zero-order chi connectivity index (χ0) is 27.4. The Bertz CT molecular complexity index is 1480. The summed E-state index contributed by atoms with van der Waals surface area (Å²) >= 11 is 18.6. The molecule has 1 saturated heterocycles. The van der Waals surface area contributed by atoms with E-state index in [-0.39, 0.29) is 31.0 Å². The van der Waals surface area contributed by atoms with Gasteiger partial charge in [-0.05, 0) is 55.3 Å². The molecule has 0 unspecified atom stereocenters. The lowest BCUT2D eigenvalue weighted by Crippen LogP contribution is -2.42. The van der Waals surface area contributed by atoms with Crippen molar-refractivity contribution in [3.05, 3.63) is 99.6 Å². The molecule has 200 valence electrons. The third-order valence-corrected chi connectivity index (χ3v) is 7.17. The van der Waals surface area contributed by atoms with Crippen LogP contribution in [0.2, 0.25) is 15.1 Å². The summed E-state index contributed by atoms with van der Waals surface area (Å²) in [6, 6.07) is 21.3. The van der Waals surface area contributed by atoms with E-state index >= 15 is 0 Å². The van der Waals surface area contributed by atoms with Crippen molar-refractivity contribution in [3.8, 4) is 16.9 Å². The zero-order valence-electron chi connectivity index (χ0n) is 20.8. The fraction of sp³-hybridized carbons (Fsp3) is 0.207. The highest BCUT2D eigenvalue weighted by Crippen LogP contribution is 2.27. The second-order valence-corrected chi connectivity index (χ2v) is 10.4. The van der Waals surface area contributed by atoms with Crippen LogP contribution in [-0.4, -0.2) is 52.1 Å². The van der Waals surface area contributed by atoms with E-state index in [1.54, 1.807) is 53.1 Å². The number of carbonyl (C=O) groups is 2. The van der Waals surface area contributed by atoms with Gasteiger partial charge in [0.2, 0.25) is 11.9 Å². The molecule has 3 aromatic carbocycles. The third kappa shape index (κ3) is 6.62. The van der Waals surface area contributed by atoms with Crippen LogP contribution in [0, 0.1) is 0 Å². The number of imidazole rings is 1. The van der Waals surface area contributed by atoms with Gasteiger partial charge in [-0.1, -0.05) is 65.1 Å². The third-order valence-electron chi connectivity index (χ3n) is 6.36. The van der Waals surface area contributed by atoms with Gasteiger partial charge in [0.1, 0.15) is 6.54 Å². The van der Waals surface area contributed by atoms with E-state index in [0.29, 0.717) is 38.6 Å². The number of benzene rings is 3. The average molecular weight is 584 g/mol. The Balaban J connectivity index is 1.43. The normalized spacial score (nSPS) is 14.8. The monoisotopic (exact) mass is 582 g/mol. The molecule has 1 N–H and O–H groups in total. The van der Waals surface area contributed by atoms with Crippen LogP contribution in [0.1, 0.15) is 23.2 Å². The highest BCUT2D eigenvalue weighted by Gasteiger charge is 2.27. The first-order chi connectivity index (χ1) is 18.9. The minimum absolute atomic E-state index is 0.144. The Hall–Kier alpha value is -3.36. The maximum absolute atomic E-state index is 13.4. The summed E-state index contributed by atoms with van der Waals surface area (Å²) in [6.07, 6.45) is 3.39. The topological polar surface area (TPSA) is 76.5 Å². The number of hydrogen-bond acceptors (Lipinski definition) is 4. The van der Waals surface area contributed by atoms with Gasteiger partial charge in [0.25, 0.3) is 5.91 Å². The lowest BCUT2D eigenvalue weighted by atomic mass is 10.1. The van der Waals surface area contributed by atoms with Crippen molar-refractivity contribution < 1.29 is 14.3 Å². The van der Waals surface area contributed by atoms with Crippen LogP contribution < -0.4 is 5.32 Å². The Labute approximate surface area is 241 Å². The van der Waals surface area contributed by atoms with Gasteiger partial charge in [0.15, 0.2) is 0 Å². The maximum atomic E-state index is 13.4. The number of halogens is 3. The molecule has 0 spiro atoms. The van der Waals surface area contributed by atoms with Crippen LogP contribution in [0.4, 0.5) is 5.95 Å². The van der Waals surface area contributed by atoms with Gasteiger partial charge in [-0.3, -0.25) is 19.5 Å². The molecule has 0 aliphatic carbocycles. The SMILES string of the molecule is O=C(CN(C[C@H]1CCCO1)C(=O)c1ccccc1Cl)Nc1nc(-c2ccc(Cl)cc2)cn1-c1cccc(Cl)c1. The van der Waals surface area contributed by atoms with Crippen LogP contribution in [0.3, 0.4) is 0 Å². The van der Waals surface area contributed by atoms with E-state index in [1.165, 1.54) is 4.90 Å². The number of ether oxygens (including phenoxy) is 1. The molecule has 5 rings (SSSR count). The van der Waals surface area contributed by atoms with E-state index in [0.717, 1.165) is 18.4 Å². The van der Waals surface area contributed by atoms with E-state index < -0.39 is 5.91 Å². The summed E-state index contributed by atoms with van der Waals surface area (Å²) in [5, 5.41) is 4.35. The van der Waals surface area contributed by atoms with Gasteiger partial charge >= 0.3 is 0 Å². The number of hydrogen-bond donors (Lipinski definition) is 1. The summed E-state index contributed by atoms with van der Waals surface area (Å²) in [4.78, 5) is 33.0. The van der Waals surface area contributed by atoms with Gasteiger partial charge in [-0.2, -0.15) is 0 Å². The van der Waals surface area contributed by atoms with Crippen LogP contribution >= 0.6 is 34.8 Å². The Kier molecular flexibility index (Phi) is 8.53. The van der Waals surface area contributed by atoms with Crippen molar-refractivity contribution in [1.29, 1.82) is 0 Å². The quantitative estimate of drug-likeness (QED) is 0.249. The predicted molar refractivity (Wildman–Crippen MR) is 154 cm³/mol. The van der Waals surface area contributed by atoms with E-state index in [2.05, 4.69) is 10.3 Å². The van der Waals surface area contributed by atoms with Gasteiger partial charge in [0.05, 0.1) is 22.4 Å². The number of aromatic nitrogens is 2. The Morgan fingerprint density at radius 2 is 1.79 bits per heavy atom. The average Bonchev–Trinajstić information content (AvgIpc) is 3.59. The number of amides is 2. The van der Waals surface area contributed by atoms with Crippen LogP contribution in [-0.2, 0) is 9.53 Å². The molecule has 2 heterocycles. The second kappa shape index (κ2) is 12.2. The first-order valence-corrected chi connectivity index (χ1v) is 13.6. The molecule has 39 heavy (non-hydrogen) atoms. The first kappa shape index (κ1) is 27.2. The number of nitrogens with one attached hydrogen (secondary N) is 1. The fourth-order valence-electron chi connectivity index (χ4n) is 4.45. The lowest BCUT2D eigenvalue weighted by molar-refractivity contribution is -0.117. The molecular weight excluding hydrogens is 559 g/mol. The van der Waals surface area contributed by atoms with Crippen molar-refractivity contribution >= 4 is 52.6 Å². The van der Waals surface area contributed by atoms with Crippen molar-refractivity contribution in [2.75, 3.05) is 25.0 Å². The summed E-state index contributed by atoms with van der Waals surface area (Å²) in [5.74, 6) is -0.467. The lowest BCUT2D eigenvalue weighted by Gasteiger charge is -2.25. The number of carbonyl (C=O) groups excluding carboxylic acids is 2. The van der Waals surface area contributed by atoms with E-state index in [9.17, 15) is 9.59 Å². The van der Waals surface area contributed by atoms with Crippen molar-refractivity contribution in [2.24, 2.45) is 0 Å². The standard InChI is InChI=1S/C29H25Cl3N4O3/c30-20-12-10-19(11-13-20)26-17-36(22-6-3-5-21(31)15-22)29(33-26)34-27(37)18-35(16-23-7-4-14-39-23)28(38)24-8-1-2-9-25(24)32/h1-3,5-6,8-13,15,17,23H,4,7,14,16,18H2,(H,33,34,37)/t23-/m1/s1. The van der Waals surface area contributed by atoms with Crippen LogP contribution in [0.25, 0.3) is 16.9 Å². The summed E-state index contributed by atoms with van der Waals surface area (Å²) < 4.78 is 7.50. The minimum atomic E-state index is -0.412. The molecule has 1 aromatic heterocycles. The molecule has 0 radical (unpaired) electrons. The van der Waals surface area contributed by atoms with Gasteiger partial charge < -0.3 is 9.64 Å². The molecule has 0 saturated carbocycles. The predicted octanol–water partition coefficient (Wildman–Crippen LogP) is 6.76. The van der Waals surface area contributed by atoms with Crippen molar-refractivity contribution in [2.45, 2.75) is 18.9 Å². The molecule has 2 amide bonds. The maximum Gasteiger partial charge on any atom is 0.255 e. The van der Waals surface area contributed by atoms with E-state index in [1.807, 2.05) is 30.5 Å². The summed E-state index contributed by atoms with van der Waals surface area (Å²) in [7, 11) is 0. The molecular formula is C29H25Cl3N4O3. The van der Waals surface area contributed by atoms with Gasteiger partial charge in [0, 0.05) is 40.6 Å². The molecule has 4 aromatic rings. The highest BCUT2D eigenvalue weighted by molar-refractivity contribution is 6.34. The molecule has 0 bridgehead atoms. The smallest absolute Gasteiger partial charge is 0.255 e. The second-order valence-electron chi connectivity index (χ2n) is 9.16. The molecule has 1 fully saturated rings. The Morgan fingerprint density at radius 3 is 2.51 bits per heavy atom. The summed E-state index contributed by atoms with van der Waals surface area (Å²) in [6.45, 7) is 0.703. The van der Waals surface area contributed by atoms with Crippen molar-refractivity contribution in [3.63, 3.8) is 0 Å². The molecule has 1 aliphatic heterocycles. The highest BCUT2D eigenvalue weighted by atomic mass is 35.5. The fourth-order valence-corrected chi connectivity index (χ4v) is 4.97. The zero-order valence-corrected chi connectivity index (χ0v) is 23.1.